The van der Waals surface area contributed by atoms with E-state index < -0.39 is 12.0 Å². The van der Waals surface area contributed by atoms with E-state index in [1.807, 2.05) is 0 Å². The molecule has 1 amide bonds. The second-order valence-electron chi connectivity index (χ2n) is 5.36. The minimum absolute atomic E-state index is 0.137. The number of hydrogen-bond acceptors (Lipinski definition) is 6. The van der Waals surface area contributed by atoms with Crippen molar-refractivity contribution in [2.45, 2.75) is 19.9 Å². The molecule has 0 radical (unpaired) electrons. The molecule has 0 fully saturated rings. The SMILES string of the molecule is COC(=O)C1=C(C)NC(=S)N(C(C)=O)C1c1ccc2c(c1)OCO2. The molecule has 0 spiro atoms. The third kappa shape index (κ3) is 2.58. The second-order valence-corrected chi connectivity index (χ2v) is 5.75. The number of ether oxygens (including phenoxy) is 3. The lowest BCUT2D eigenvalue weighted by molar-refractivity contribution is -0.137. The molecule has 1 unspecified atom stereocenters. The van der Waals surface area contributed by atoms with Gasteiger partial charge in [-0.2, -0.15) is 0 Å². The zero-order chi connectivity index (χ0) is 17.4. The molecular formula is C16H16N2O5S. The first-order chi connectivity index (χ1) is 11.4. The number of nitrogens with zero attached hydrogens (tertiary/aromatic N) is 1. The number of carbonyl (C=O) groups is 2. The average Bonchev–Trinajstić information content (AvgIpc) is 3.00. The number of methoxy groups -OCH3 is 1. The molecule has 1 atom stereocenters. The summed E-state index contributed by atoms with van der Waals surface area (Å²) in [7, 11) is 1.30. The summed E-state index contributed by atoms with van der Waals surface area (Å²) in [6.07, 6.45) is 0. The maximum absolute atomic E-state index is 12.3. The first-order valence-corrected chi connectivity index (χ1v) is 7.64. The topological polar surface area (TPSA) is 77.1 Å². The molecule has 2 aliphatic heterocycles. The van der Waals surface area contributed by atoms with Crippen LogP contribution in [0.2, 0.25) is 0 Å². The maximum Gasteiger partial charge on any atom is 0.337 e. The molecule has 0 bridgehead atoms. The van der Waals surface area contributed by atoms with Crippen LogP contribution in [0.15, 0.2) is 29.5 Å². The Labute approximate surface area is 144 Å². The van der Waals surface area contributed by atoms with Crippen molar-refractivity contribution >= 4 is 29.2 Å². The number of thiocarbonyl (C=S) groups is 1. The predicted octanol–water partition coefficient (Wildman–Crippen LogP) is 1.64. The molecule has 24 heavy (non-hydrogen) atoms. The summed E-state index contributed by atoms with van der Waals surface area (Å²) in [4.78, 5) is 25.8. The van der Waals surface area contributed by atoms with Crippen LogP contribution in [0.4, 0.5) is 0 Å². The van der Waals surface area contributed by atoms with Crippen LogP contribution < -0.4 is 14.8 Å². The van der Waals surface area contributed by atoms with E-state index >= 15 is 0 Å². The fourth-order valence-electron chi connectivity index (χ4n) is 2.84. The van der Waals surface area contributed by atoms with Crippen LogP contribution in [0.25, 0.3) is 0 Å². The Balaban J connectivity index is 2.16. The van der Waals surface area contributed by atoms with E-state index in [1.54, 1.807) is 25.1 Å². The monoisotopic (exact) mass is 348 g/mol. The van der Waals surface area contributed by atoms with Gasteiger partial charge >= 0.3 is 5.97 Å². The first-order valence-electron chi connectivity index (χ1n) is 7.23. The van der Waals surface area contributed by atoms with E-state index in [1.165, 1.54) is 18.9 Å². The maximum atomic E-state index is 12.3. The van der Waals surface area contributed by atoms with Crippen molar-refractivity contribution in [1.82, 2.24) is 10.2 Å². The Bertz CT molecular complexity index is 774. The van der Waals surface area contributed by atoms with Crippen LogP contribution >= 0.6 is 12.2 Å². The highest BCUT2D eigenvalue weighted by molar-refractivity contribution is 7.80. The van der Waals surface area contributed by atoms with Crippen LogP contribution in [-0.4, -0.2) is 35.8 Å². The smallest absolute Gasteiger partial charge is 0.337 e. The van der Waals surface area contributed by atoms with Crippen molar-refractivity contribution in [3.8, 4) is 11.5 Å². The third-order valence-electron chi connectivity index (χ3n) is 3.91. The van der Waals surface area contributed by atoms with Crippen molar-refractivity contribution in [2.24, 2.45) is 0 Å². The van der Waals surface area contributed by atoms with Crippen molar-refractivity contribution in [3.05, 3.63) is 35.0 Å². The second kappa shape index (κ2) is 6.12. The lowest BCUT2D eigenvalue weighted by atomic mass is 9.93. The van der Waals surface area contributed by atoms with Gasteiger partial charge in [-0.15, -0.1) is 0 Å². The lowest BCUT2D eigenvalue weighted by Gasteiger charge is -2.37. The number of rotatable bonds is 2. The normalized spacial score (nSPS) is 19.2. The van der Waals surface area contributed by atoms with Gasteiger partial charge in [0, 0.05) is 12.6 Å². The van der Waals surface area contributed by atoms with Crippen LogP contribution in [-0.2, 0) is 14.3 Å². The highest BCUT2D eigenvalue weighted by atomic mass is 32.1. The van der Waals surface area contributed by atoms with Gasteiger partial charge in [0.2, 0.25) is 12.7 Å². The molecule has 7 nitrogen and oxygen atoms in total. The summed E-state index contributed by atoms with van der Waals surface area (Å²) in [5.74, 6) is 0.354. The number of esters is 1. The van der Waals surface area contributed by atoms with E-state index in [2.05, 4.69) is 5.32 Å². The number of benzene rings is 1. The third-order valence-corrected chi connectivity index (χ3v) is 4.20. The summed E-state index contributed by atoms with van der Waals surface area (Å²) in [6.45, 7) is 3.25. The summed E-state index contributed by atoms with van der Waals surface area (Å²) >= 11 is 5.28. The number of amides is 1. The molecule has 1 aromatic carbocycles. The van der Waals surface area contributed by atoms with Gasteiger partial charge in [0.1, 0.15) is 0 Å². The molecule has 1 aromatic rings. The summed E-state index contributed by atoms with van der Waals surface area (Å²) in [5, 5.41) is 3.12. The van der Waals surface area contributed by atoms with Gasteiger partial charge in [0.25, 0.3) is 0 Å². The molecule has 8 heteroatoms. The number of nitrogens with one attached hydrogen (secondary N) is 1. The van der Waals surface area contributed by atoms with Crippen molar-refractivity contribution in [2.75, 3.05) is 13.9 Å². The molecule has 2 heterocycles. The largest absolute Gasteiger partial charge is 0.466 e. The van der Waals surface area contributed by atoms with Crippen LogP contribution in [0.1, 0.15) is 25.5 Å². The minimum atomic E-state index is -0.696. The van der Waals surface area contributed by atoms with Gasteiger partial charge in [0.05, 0.1) is 18.7 Å². The number of allylic oxidation sites excluding steroid dienone is 1. The molecule has 0 saturated heterocycles. The zero-order valence-electron chi connectivity index (χ0n) is 13.4. The number of carbonyl (C=O) groups excluding carboxylic acids is 2. The van der Waals surface area contributed by atoms with Gasteiger partial charge in [-0.3, -0.25) is 9.69 Å². The van der Waals surface area contributed by atoms with Gasteiger partial charge in [-0.05, 0) is 36.8 Å². The van der Waals surface area contributed by atoms with Gasteiger partial charge in [-0.25, -0.2) is 4.79 Å². The Morgan fingerprint density at radius 3 is 2.71 bits per heavy atom. The van der Waals surface area contributed by atoms with Gasteiger partial charge in [-0.1, -0.05) is 6.07 Å². The molecular weight excluding hydrogens is 332 g/mol. The molecule has 126 valence electrons. The van der Waals surface area contributed by atoms with E-state index in [0.717, 1.165) is 0 Å². The Kier molecular flexibility index (Phi) is 4.15. The summed E-state index contributed by atoms with van der Waals surface area (Å²) in [6, 6.07) is 4.56. The van der Waals surface area contributed by atoms with Crippen LogP contribution in [0, 0.1) is 0 Å². The quantitative estimate of drug-likeness (QED) is 0.643. The first kappa shape index (κ1) is 16.3. The molecule has 0 aromatic heterocycles. The number of fused-ring (bicyclic) bond motifs is 1. The summed E-state index contributed by atoms with van der Waals surface area (Å²) < 4.78 is 15.6. The zero-order valence-corrected chi connectivity index (χ0v) is 14.2. The molecule has 3 rings (SSSR count). The minimum Gasteiger partial charge on any atom is -0.466 e. The Hall–Kier alpha value is -2.61. The Morgan fingerprint density at radius 2 is 2.04 bits per heavy atom. The van der Waals surface area contributed by atoms with Crippen molar-refractivity contribution in [1.29, 1.82) is 0 Å². The van der Waals surface area contributed by atoms with Crippen molar-refractivity contribution in [3.63, 3.8) is 0 Å². The lowest BCUT2D eigenvalue weighted by Crippen LogP contribution is -2.50. The van der Waals surface area contributed by atoms with Gasteiger partial charge < -0.3 is 19.5 Å². The van der Waals surface area contributed by atoms with E-state index in [-0.39, 0.29) is 17.8 Å². The average molecular weight is 348 g/mol. The molecule has 2 aliphatic rings. The fourth-order valence-corrected chi connectivity index (χ4v) is 3.22. The molecule has 0 saturated carbocycles. The van der Waals surface area contributed by atoms with Crippen LogP contribution in [0.5, 0.6) is 11.5 Å². The van der Waals surface area contributed by atoms with Gasteiger partial charge in [0.15, 0.2) is 16.6 Å². The number of hydrogen-bond donors (Lipinski definition) is 1. The Morgan fingerprint density at radius 1 is 1.33 bits per heavy atom. The standard InChI is InChI=1S/C16H16N2O5S/c1-8-13(15(20)21-3)14(18(9(2)19)16(24)17-8)10-4-5-11-12(6-10)23-7-22-11/h4-6,14H,7H2,1-3H3,(H,17,24). The van der Waals surface area contributed by atoms with Crippen molar-refractivity contribution < 1.29 is 23.8 Å². The van der Waals surface area contributed by atoms with E-state index in [9.17, 15) is 9.59 Å². The summed E-state index contributed by atoms with van der Waals surface area (Å²) in [5.41, 5.74) is 1.55. The molecule has 0 aliphatic carbocycles. The van der Waals surface area contributed by atoms with E-state index in [4.69, 9.17) is 26.4 Å². The molecule has 1 N–H and O–H groups in total. The fraction of sp³-hybridized carbons (Fsp3) is 0.312. The van der Waals surface area contributed by atoms with Crippen LogP contribution in [0.3, 0.4) is 0 Å². The highest BCUT2D eigenvalue weighted by Gasteiger charge is 2.39. The van der Waals surface area contributed by atoms with E-state index in [0.29, 0.717) is 28.3 Å². The predicted molar refractivity (Wildman–Crippen MR) is 88.3 cm³/mol. The highest BCUT2D eigenvalue weighted by Crippen LogP contribution is 2.40.